The van der Waals surface area contributed by atoms with E-state index in [0.29, 0.717) is 16.8 Å². The fourth-order valence-corrected chi connectivity index (χ4v) is 2.27. The molecule has 2 rings (SSSR count). The second-order valence-electron chi connectivity index (χ2n) is 5.91. The van der Waals surface area contributed by atoms with Gasteiger partial charge in [-0.15, -0.1) is 0 Å². The third-order valence-electron chi connectivity index (χ3n) is 3.53. The van der Waals surface area contributed by atoms with E-state index in [1.165, 1.54) is 26.0 Å². The number of ketones is 1. The summed E-state index contributed by atoms with van der Waals surface area (Å²) < 4.78 is 4.99. The van der Waals surface area contributed by atoms with Crippen molar-refractivity contribution < 1.29 is 23.9 Å². The number of esters is 1. The molecule has 0 radical (unpaired) electrons. The molecular formula is C21H20N2O5. The van der Waals surface area contributed by atoms with Crippen molar-refractivity contribution in [2.75, 3.05) is 11.9 Å². The first kappa shape index (κ1) is 20.6. The predicted molar refractivity (Wildman–Crippen MR) is 104 cm³/mol. The molecule has 0 aromatic heterocycles. The van der Waals surface area contributed by atoms with Crippen LogP contribution in [0.25, 0.3) is 6.08 Å². The summed E-state index contributed by atoms with van der Waals surface area (Å²) >= 11 is 0. The fourth-order valence-electron chi connectivity index (χ4n) is 2.27. The third kappa shape index (κ3) is 6.53. The van der Waals surface area contributed by atoms with E-state index in [-0.39, 0.29) is 11.5 Å². The quantitative estimate of drug-likeness (QED) is 0.437. The molecule has 7 heteroatoms. The highest BCUT2D eigenvalue weighted by Gasteiger charge is 2.15. The summed E-state index contributed by atoms with van der Waals surface area (Å²) in [5.41, 5.74) is 1.47. The summed E-state index contributed by atoms with van der Waals surface area (Å²) in [5.74, 6) is -1.99. The van der Waals surface area contributed by atoms with Gasteiger partial charge in [0.25, 0.3) is 5.91 Å². The Morgan fingerprint density at radius 2 is 1.68 bits per heavy atom. The van der Waals surface area contributed by atoms with E-state index in [4.69, 9.17) is 4.74 Å². The molecular weight excluding hydrogens is 360 g/mol. The maximum Gasteiger partial charge on any atom is 0.355 e. The van der Waals surface area contributed by atoms with Gasteiger partial charge in [0.05, 0.1) is 0 Å². The monoisotopic (exact) mass is 380 g/mol. The van der Waals surface area contributed by atoms with Crippen molar-refractivity contribution >= 4 is 35.3 Å². The van der Waals surface area contributed by atoms with Crippen LogP contribution in [-0.4, -0.2) is 30.2 Å². The molecule has 0 saturated heterocycles. The highest BCUT2D eigenvalue weighted by molar-refractivity contribution is 6.00. The number of carbonyl (C=O) groups is 4. The van der Waals surface area contributed by atoms with Gasteiger partial charge in [0.1, 0.15) is 5.70 Å². The summed E-state index contributed by atoms with van der Waals surface area (Å²) in [6, 6.07) is 15.3. The first-order valence-electron chi connectivity index (χ1n) is 8.47. The van der Waals surface area contributed by atoms with Crippen LogP contribution >= 0.6 is 0 Å². The Balaban J connectivity index is 2.00. The van der Waals surface area contributed by atoms with Crippen molar-refractivity contribution in [2.45, 2.75) is 13.8 Å². The van der Waals surface area contributed by atoms with Gasteiger partial charge in [0, 0.05) is 18.2 Å². The number of anilines is 1. The van der Waals surface area contributed by atoms with Crippen LogP contribution in [0.4, 0.5) is 5.69 Å². The van der Waals surface area contributed by atoms with E-state index in [9.17, 15) is 19.2 Å². The van der Waals surface area contributed by atoms with Gasteiger partial charge in [-0.1, -0.05) is 42.5 Å². The number of carbonyl (C=O) groups excluding carboxylic acids is 4. The molecule has 144 valence electrons. The van der Waals surface area contributed by atoms with E-state index >= 15 is 0 Å². The number of amides is 2. The predicted octanol–water partition coefficient (Wildman–Crippen LogP) is 2.55. The molecule has 0 aliphatic rings. The summed E-state index contributed by atoms with van der Waals surface area (Å²) in [7, 11) is 0. The maximum atomic E-state index is 12.3. The lowest BCUT2D eigenvalue weighted by Crippen LogP contribution is -2.28. The summed E-state index contributed by atoms with van der Waals surface area (Å²) in [5, 5.41) is 4.95. The minimum absolute atomic E-state index is 0.0786. The van der Waals surface area contributed by atoms with Crippen LogP contribution in [0.15, 0.2) is 60.3 Å². The summed E-state index contributed by atoms with van der Waals surface area (Å²) in [6.45, 7) is 2.14. The van der Waals surface area contributed by atoms with Crippen LogP contribution in [-0.2, 0) is 19.1 Å². The smallest absolute Gasteiger partial charge is 0.355 e. The average molecular weight is 380 g/mol. The van der Waals surface area contributed by atoms with E-state index in [1.54, 1.807) is 42.5 Å². The molecule has 2 amide bonds. The molecule has 0 aliphatic heterocycles. The number of benzene rings is 2. The van der Waals surface area contributed by atoms with Gasteiger partial charge >= 0.3 is 5.97 Å². The molecule has 0 heterocycles. The first-order valence-corrected chi connectivity index (χ1v) is 8.47. The Labute approximate surface area is 162 Å². The fraction of sp³-hybridized carbons (Fsp3) is 0.143. The Morgan fingerprint density at radius 1 is 0.964 bits per heavy atom. The molecule has 0 atom stereocenters. The van der Waals surface area contributed by atoms with Gasteiger partial charge in [-0.05, 0) is 30.7 Å². The van der Waals surface area contributed by atoms with Crippen LogP contribution in [0.1, 0.15) is 29.8 Å². The van der Waals surface area contributed by atoms with Crippen molar-refractivity contribution in [3.05, 3.63) is 71.4 Å². The third-order valence-corrected chi connectivity index (χ3v) is 3.53. The molecule has 2 aromatic carbocycles. The molecule has 0 bridgehead atoms. The zero-order valence-electron chi connectivity index (χ0n) is 15.5. The maximum absolute atomic E-state index is 12.3. The second-order valence-corrected chi connectivity index (χ2v) is 5.91. The lowest BCUT2D eigenvalue weighted by Gasteiger charge is -2.10. The number of Topliss-reactive ketones (excluding diaryl/α,β-unsaturated/α-hetero) is 1. The van der Waals surface area contributed by atoms with Crippen LogP contribution in [0, 0.1) is 0 Å². The van der Waals surface area contributed by atoms with Crippen molar-refractivity contribution in [1.82, 2.24) is 5.32 Å². The number of hydrogen-bond donors (Lipinski definition) is 2. The Kier molecular flexibility index (Phi) is 7.21. The lowest BCUT2D eigenvalue weighted by molar-refractivity contribution is -0.144. The minimum atomic E-state index is -0.841. The Morgan fingerprint density at radius 3 is 2.32 bits per heavy atom. The van der Waals surface area contributed by atoms with Gasteiger partial charge in [0.15, 0.2) is 12.4 Å². The van der Waals surface area contributed by atoms with Crippen LogP contribution in [0.3, 0.4) is 0 Å². The van der Waals surface area contributed by atoms with Crippen LogP contribution < -0.4 is 10.6 Å². The summed E-state index contributed by atoms with van der Waals surface area (Å²) in [6.07, 6.45) is 1.46. The molecule has 0 fully saturated rings. The minimum Gasteiger partial charge on any atom is -0.451 e. The topological polar surface area (TPSA) is 102 Å². The van der Waals surface area contributed by atoms with Gasteiger partial charge in [-0.2, -0.15) is 0 Å². The Hall–Kier alpha value is -3.74. The van der Waals surface area contributed by atoms with E-state index in [2.05, 4.69) is 10.6 Å². The van der Waals surface area contributed by atoms with E-state index in [0.717, 1.165) is 0 Å². The normalized spacial score (nSPS) is 10.7. The van der Waals surface area contributed by atoms with Gasteiger partial charge < -0.3 is 15.4 Å². The van der Waals surface area contributed by atoms with Crippen molar-refractivity contribution in [3.63, 3.8) is 0 Å². The Bertz CT molecular complexity index is 919. The highest BCUT2D eigenvalue weighted by atomic mass is 16.5. The lowest BCUT2D eigenvalue weighted by atomic mass is 10.1. The molecule has 7 nitrogen and oxygen atoms in total. The largest absolute Gasteiger partial charge is 0.451 e. The SMILES string of the molecule is CC(=O)NC(=Cc1ccccc1)C(=O)OCC(=O)Nc1cccc(C(C)=O)c1. The van der Waals surface area contributed by atoms with Crippen molar-refractivity contribution in [2.24, 2.45) is 0 Å². The molecule has 0 spiro atoms. The van der Waals surface area contributed by atoms with E-state index in [1.807, 2.05) is 6.07 Å². The van der Waals surface area contributed by atoms with Gasteiger partial charge in [0.2, 0.25) is 5.91 Å². The van der Waals surface area contributed by atoms with Gasteiger partial charge in [-0.3, -0.25) is 14.4 Å². The summed E-state index contributed by atoms with van der Waals surface area (Å²) in [4.78, 5) is 47.0. The number of hydrogen-bond acceptors (Lipinski definition) is 5. The number of rotatable bonds is 7. The molecule has 28 heavy (non-hydrogen) atoms. The molecule has 0 unspecified atom stereocenters. The van der Waals surface area contributed by atoms with Crippen molar-refractivity contribution in [3.8, 4) is 0 Å². The standard InChI is InChI=1S/C21H20N2O5/c1-14(24)17-9-6-10-18(12-17)23-20(26)13-28-21(27)19(22-15(2)25)11-16-7-4-3-5-8-16/h3-12H,13H2,1-2H3,(H,22,25)(H,23,26). The molecule has 0 aliphatic carbocycles. The van der Waals surface area contributed by atoms with Crippen LogP contribution in [0.2, 0.25) is 0 Å². The number of ether oxygens (including phenoxy) is 1. The number of nitrogens with one attached hydrogen (secondary N) is 2. The highest BCUT2D eigenvalue weighted by Crippen LogP contribution is 2.11. The molecule has 2 aromatic rings. The second kappa shape index (κ2) is 9.82. The van der Waals surface area contributed by atoms with E-state index < -0.39 is 24.4 Å². The first-order chi connectivity index (χ1) is 13.3. The molecule has 0 saturated carbocycles. The molecule has 2 N–H and O–H groups in total. The zero-order valence-corrected chi connectivity index (χ0v) is 15.5. The van der Waals surface area contributed by atoms with Crippen molar-refractivity contribution in [1.29, 1.82) is 0 Å². The van der Waals surface area contributed by atoms with Crippen LogP contribution in [0.5, 0.6) is 0 Å². The average Bonchev–Trinajstić information content (AvgIpc) is 2.66. The van der Waals surface area contributed by atoms with Gasteiger partial charge in [-0.25, -0.2) is 4.79 Å². The zero-order chi connectivity index (χ0) is 20.5.